The third-order valence-electron chi connectivity index (χ3n) is 4.50. The summed E-state index contributed by atoms with van der Waals surface area (Å²) in [5, 5.41) is 11.5. The van der Waals surface area contributed by atoms with Crippen LogP contribution in [0.5, 0.6) is 0 Å². The number of hydrogen-bond acceptors (Lipinski definition) is 4. The van der Waals surface area contributed by atoms with Gasteiger partial charge < -0.3 is 4.74 Å². The maximum absolute atomic E-state index is 5.39. The molecule has 1 aliphatic rings. The molecule has 0 unspecified atom stereocenters. The van der Waals surface area contributed by atoms with Gasteiger partial charge in [-0.2, -0.15) is 10.2 Å². The highest BCUT2D eigenvalue weighted by atomic mass is 16.5. The SMILES string of the molecule is Cc1ccccc1-n1cc(/C=N\N2CCOCC2)c(-c2ccccc2)n1. The highest BCUT2D eigenvalue weighted by molar-refractivity contribution is 5.88. The van der Waals surface area contributed by atoms with E-state index in [0.29, 0.717) is 0 Å². The van der Waals surface area contributed by atoms with Crippen LogP contribution < -0.4 is 0 Å². The normalized spacial score (nSPS) is 14.9. The number of hydrogen-bond donors (Lipinski definition) is 0. The first-order chi connectivity index (χ1) is 12.8. The van der Waals surface area contributed by atoms with Gasteiger partial charge in [-0.1, -0.05) is 48.5 Å². The number of hydrazone groups is 1. The zero-order valence-corrected chi connectivity index (χ0v) is 14.9. The topological polar surface area (TPSA) is 42.7 Å². The summed E-state index contributed by atoms with van der Waals surface area (Å²) in [4.78, 5) is 0. The van der Waals surface area contributed by atoms with Gasteiger partial charge >= 0.3 is 0 Å². The maximum Gasteiger partial charge on any atom is 0.102 e. The highest BCUT2D eigenvalue weighted by Crippen LogP contribution is 2.23. The molecule has 0 N–H and O–H groups in total. The molecule has 0 aliphatic carbocycles. The van der Waals surface area contributed by atoms with E-state index >= 15 is 0 Å². The van der Waals surface area contributed by atoms with Gasteiger partial charge in [0.25, 0.3) is 0 Å². The fourth-order valence-electron chi connectivity index (χ4n) is 3.06. The van der Waals surface area contributed by atoms with Crippen molar-refractivity contribution < 1.29 is 4.74 Å². The lowest BCUT2D eigenvalue weighted by molar-refractivity contribution is 0.0397. The Kier molecular flexibility index (Phi) is 4.80. The first-order valence-corrected chi connectivity index (χ1v) is 8.89. The van der Waals surface area contributed by atoms with Crippen molar-refractivity contribution in [3.05, 3.63) is 71.9 Å². The van der Waals surface area contributed by atoms with Gasteiger partial charge in [-0.25, -0.2) is 4.68 Å². The number of rotatable bonds is 4. The van der Waals surface area contributed by atoms with Gasteiger partial charge in [-0.3, -0.25) is 5.01 Å². The minimum atomic E-state index is 0.728. The maximum atomic E-state index is 5.39. The van der Waals surface area contributed by atoms with E-state index in [-0.39, 0.29) is 0 Å². The number of aromatic nitrogens is 2. The van der Waals surface area contributed by atoms with Crippen LogP contribution in [-0.4, -0.2) is 47.3 Å². The van der Waals surface area contributed by atoms with Crippen molar-refractivity contribution in [1.82, 2.24) is 14.8 Å². The first kappa shape index (κ1) is 16.5. The molecular weight excluding hydrogens is 324 g/mol. The highest BCUT2D eigenvalue weighted by Gasteiger charge is 2.13. The van der Waals surface area contributed by atoms with E-state index in [0.717, 1.165) is 48.8 Å². The van der Waals surface area contributed by atoms with Crippen LogP contribution in [0.4, 0.5) is 0 Å². The van der Waals surface area contributed by atoms with Crippen molar-refractivity contribution in [3.8, 4) is 16.9 Å². The van der Waals surface area contributed by atoms with Crippen LogP contribution in [0.2, 0.25) is 0 Å². The van der Waals surface area contributed by atoms with E-state index in [4.69, 9.17) is 9.84 Å². The van der Waals surface area contributed by atoms with Crippen molar-refractivity contribution in [1.29, 1.82) is 0 Å². The van der Waals surface area contributed by atoms with Crippen LogP contribution in [0.25, 0.3) is 16.9 Å². The van der Waals surface area contributed by atoms with Crippen LogP contribution in [0.15, 0.2) is 65.9 Å². The number of nitrogens with zero attached hydrogens (tertiary/aromatic N) is 4. The predicted octanol–water partition coefficient (Wildman–Crippen LogP) is 3.51. The lowest BCUT2D eigenvalue weighted by Gasteiger charge is -2.23. The summed E-state index contributed by atoms with van der Waals surface area (Å²) < 4.78 is 7.33. The van der Waals surface area contributed by atoms with Crippen LogP contribution >= 0.6 is 0 Å². The zero-order valence-electron chi connectivity index (χ0n) is 14.9. The Morgan fingerprint density at radius 2 is 1.73 bits per heavy atom. The Hall–Kier alpha value is -2.92. The second-order valence-corrected chi connectivity index (χ2v) is 6.34. The average Bonchev–Trinajstić information content (AvgIpc) is 3.12. The number of aryl methyl sites for hydroxylation is 1. The second-order valence-electron chi connectivity index (χ2n) is 6.34. The molecule has 1 aromatic heterocycles. The van der Waals surface area contributed by atoms with Crippen LogP contribution in [0.1, 0.15) is 11.1 Å². The van der Waals surface area contributed by atoms with E-state index in [1.807, 2.05) is 46.2 Å². The summed E-state index contributed by atoms with van der Waals surface area (Å²) in [6.45, 7) is 5.20. The Morgan fingerprint density at radius 1 is 1.00 bits per heavy atom. The van der Waals surface area contributed by atoms with Crippen LogP contribution in [0.3, 0.4) is 0 Å². The Labute approximate surface area is 153 Å². The average molecular weight is 346 g/mol. The molecule has 26 heavy (non-hydrogen) atoms. The standard InChI is InChI=1S/C21H22N4O/c1-17-7-5-6-10-20(17)25-16-19(15-22-24-11-13-26-14-12-24)21(23-25)18-8-3-2-4-9-18/h2-10,15-16H,11-14H2,1H3/b22-15-. The van der Waals surface area contributed by atoms with Crippen molar-refractivity contribution >= 4 is 6.21 Å². The van der Waals surface area contributed by atoms with Crippen molar-refractivity contribution in [2.45, 2.75) is 6.92 Å². The number of ether oxygens (including phenoxy) is 1. The van der Waals surface area contributed by atoms with Gasteiger partial charge in [0, 0.05) is 17.3 Å². The van der Waals surface area contributed by atoms with Gasteiger partial charge in [0.05, 0.1) is 38.2 Å². The molecule has 0 saturated carbocycles. The molecule has 1 fully saturated rings. The van der Waals surface area contributed by atoms with Gasteiger partial charge in [0.1, 0.15) is 5.69 Å². The molecule has 4 rings (SSSR count). The number of para-hydroxylation sites is 1. The number of benzene rings is 2. The van der Waals surface area contributed by atoms with E-state index in [1.165, 1.54) is 5.56 Å². The summed E-state index contributed by atoms with van der Waals surface area (Å²) in [5.74, 6) is 0. The monoisotopic (exact) mass is 346 g/mol. The molecule has 0 spiro atoms. The zero-order chi connectivity index (χ0) is 17.8. The quantitative estimate of drug-likeness (QED) is 0.679. The molecule has 0 bridgehead atoms. The van der Waals surface area contributed by atoms with Gasteiger partial charge in [0.15, 0.2) is 0 Å². The molecule has 1 saturated heterocycles. The summed E-state index contributed by atoms with van der Waals surface area (Å²) in [6.07, 6.45) is 3.96. The second kappa shape index (κ2) is 7.54. The third-order valence-corrected chi connectivity index (χ3v) is 4.50. The number of morpholine rings is 1. The summed E-state index contributed by atoms with van der Waals surface area (Å²) in [7, 11) is 0. The van der Waals surface area contributed by atoms with E-state index in [2.05, 4.69) is 42.5 Å². The first-order valence-electron chi connectivity index (χ1n) is 8.89. The lowest BCUT2D eigenvalue weighted by atomic mass is 10.1. The minimum Gasteiger partial charge on any atom is -0.378 e. The van der Waals surface area contributed by atoms with Gasteiger partial charge in [0.2, 0.25) is 0 Å². The molecule has 132 valence electrons. The smallest absolute Gasteiger partial charge is 0.102 e. The van der Waals surface area contributed by atoms with Gasteiger partial charge in [-0.05, 0) is 18.6 Å². The minimum absolute atomic E-state index is 0.728. The van der Waals surface area contributed by atoms with Crippen molar-refractivity contribution in [2.75, 3.05) is 26.3 Å². The Bertz CT molecular complexity index is 895. The molecule has 0 radical (unpaired) electrons. The summed E-state index contributed by atoms with van der Waals surface area (Å²) >= 11 is 0. The summed E-state index contributed by atoms with van der Waals surface area (Å²) in [6, 6.07) is 18.5. The predicted molar refractivity (Wildman–Crippen MR) is 104 cm³/mol. The van der Waals surface area contributed by atoms with Gasteiger partial charge in [-0.15, -0.1) is 0 Å². The fourth-order valence-corrected chi connectivity index (χ4v) is 3.06. The molecule has 2 aromatic carbocycles. The molecule has 5 nitrogen and oxygen atoms in total. The Balaban J connectivity index is 1.73. The lowest BCUT2D eigenvalue weighted by Crippen LogP contribution is -2.32. The van der Waals surface area contributed by atoms with Crippen molar-refractivity contribution in [3.63, 3.8) is 0 Å². The molecule has 1 aliphatic heterocycles. The largest absolute Gasteiger partial charge is 0.378 e. The van der Waals surface area contributed by atoms with E-state index in [9.17, 15) is 0 Å². The molecule has 5 heteroatoms. The molecule has 3 aromatic rings. The third kappa shape index (κ3) is 3.53. The molecule has 0 atom stereocenters. The van der Waals surface area contributed by atoms with Crippen LogP contribution in [-0.2, 0) is 4.74 Å². The molecular formula is C21H22N4O. The van der Waals surface area contributed by atoms with E-state index < -0.39 is 0 Å². The van der Waals surface area contributed by atoms with E-state index in [1.54, 1.807) is 0 Å². The molecule has 2 heterocycles. The fraction of sp³-hybridized carbons (Fsp3) is 0.238. The van der Waals surface area contributed by atoms with Crippen LogP contribution in [0, 0.1) is 6.92 Å². The van der Waals surface area contributed by atoms with Crippen molar-refractivity contribution in [2.24, 2.45) is 5.10 Å². The molecule has 0 amide bonds. The Morgan fingerprint density at radius 3 is 2.50 bits per heavy atom. The summed E-state index contributed by atoms with van der Waals surface area (Å²) in [5.41, 5.74) is 5.29.